The second-order valence-corrected chi connectivity index (χ2v) is 4.25. The Hall–Kier alpha value is -1.61. The number of carbonyl (C=O) groups is 1. The van der Waals surface area contributed by atoms with Gasteiger partial charge in [0.25, 0.3) is 0 Å². The van der Waals surface area contributed by atoms with Crippen molar-refractivity contribution in [1.29, 1.82) is 0 Å². The van der Waals surface area contributed by atoms with Crippen molar-refractivity contribution in [3.63, 3.8) is 0 Å². The molecule has 2 nitrogen and oxygen atoms in total. The summed E-state index contributed by atoms with van der Waals surface area (Å²) in [4.78, 5) is 10.7. The number of rotatable bonds is 3. The molecule has 0 amide bonds. The molecule has 1 aromatic carbocycles. The Kier molecular flexibility index (Phi) is 2.56. The zero-order valence-electron chi connectivity index (χ0n) is 8.06. The maximum absolute atomic E-state index is 10.7. The van der Waals surface area contributed by atoms with Crippen LogP contribution in [0.1, 0.15) is 5.56 Å². The third-order valence-electron chi connectivity index (χ3n) is 2.27. The van der Waals surface area contributed by atoms with Gasteiger partial charge in [-0.25, -0.2) is 4.79 Å². The van der Waals surface area contributed by atoms with E-state index in [0.717, 1.165) is 10.9 Å². The molecule has 0 bridgehead atoms. The lowest BCUT2D eigenvalue weighted by Crippen LogP contribution is -2.01. The van der Waals surface area contributed by atoms with Crippen LogP contribution in [0.4, 0.5) is 0 Å². The third kappa shape index (κ3) is 1.92. The Labute approximate surface area is 91.5 Å². The lowest BCUT2D eigenvalue weighted by Gasteiger charge is -1.98. The molecule has 3 heteroatoms. The minimum Gasteiger partial charge on any atom is -0.478 e. The van der Waals surface area contributed by atoms with Gasteiger partial charge < -0.3 is 5.11 Å². The fourth-order valence-electron chi connectivity index (χ4n) is 1.48. The number of fused-ring (bicyclic) bond motifs is 1. The molecular formula is C12H10O2S. The van der Waals surface area contributed by atoms with E-state index in [0.29, 0.717) is 6.42 Å². The molecule has 0 spiro atoms. The number of carboxylic acid groups (broad SMARTS) is 1. The van der Waals surface area contributed by atoms with Crippen LogP contribution >= 0.6 is 11.3 Å². The van der Waals surface area contributed by atoms with Gasteiger partial charge in [-0.05, 0) is 22.4 Å². The van der Waals surface area contributed by atoms with Gasteiger partial charge in [-0.2, -0.15) is 0 Å². The maximum atomic E-state index is 10.7. The molecule has 1 heterocycles. The number of aliphatic carboxylic acids is 1. The van der Waals surface area contributed by atoms with Crippen molar-refractivity contribution in [3.8, 4) is 0 Å². The topological polar surface area (TPSA) is 37.3 Å². The summed E-state index contributed by atoms with van der Waals surface area (Å²) in [6, 6.07) is 7.99. The van der Waals surface area contributed by atoms with E-state index >= 15 is 0 Å². The first-order valence-corrected chi connectivity index (χ1v) is 5.42. The Morgan fingerprint density at radius 2 is 2.13 bits per heavy atom. The van der Waals surface area contributed by atoms with Crippen LogP contribution in [0.25, 0.3) is 10.1 Å². The van der Waals surface area contributed by atoms with Crippen LogP contribution in [0.5, 0.6) is 0 Å². The van der Waals surface area contributed by atoms with Crippen molar-refractivity contribution in [2.75, 3.05) is 0 Å². The van der Waals surface area contributed by atoms with Gasteiger partial charge in [0.1, 0.15) is 0 Å². The molecule has 76 valence electrons. The summed E-state index contributed by atoms with van der Waals surface area (Å²) < 4.78 is 1.19. The van der Waals surface area contributed by atoms with Crippen molar-refractivity contribution in [3.05, 3.63) is 47.4 Å². The maximum Gasteiger partial charge on any atom is 0.331 e. The van der Waals surface area contributed by atoms with Gasteiger partial charge in [-0.1, -0.05) is 24.8 Å². The average molecular weight is 218 g/mol. The highest BCUT2D eigenvalue weighted by atomic mass is 32.1. The minimum absolute atomic E-state index is 0.235. The molecule has 0 saturated carbocycles. The average Bonchev–Trinajstić information content (AvgIpc) is 2.62. The highest BCUT2D eigenvalue weighted by Crippen LogP contribution is 2.27. The Balaban J connectivity index is 2.37. The molecule has 0 atom stereocenters. The van der Waals surface area contributed by atoms with Crippen molar-refractivity contribution >= 4 is 27.4 Å². The van der Waals surface area contributed by atoms with Gasteiger partial charge in [0.15, 0.2) is 0 Å². The Morgan fingerprint density at radius 3 is 2.87 bits per heavy atom. The second-order valence-electron chi connectivity index (χ2n) is 3.34. The van der Waals surface area contributed by atoms with Crippen LogP contribution in [0.3, 0.4) is 0 Å². The Bertz CT molecular complexity index is 525. The molecule has 2 rings (SSSR count). The van der Waals surface area contributed by atoms with E-state index in [4.69, 9.17) is 5.11 Å². The molecule has 0 aliphatic heterocycles. The lowest BCUT2D eigenvalue weighted by atomic mass is 10.1. The first kappa shape index (κ1) is 9.93. The van der Waals surface area contributed by atoms with Crippen LogP contribution in [0.15, 0.2) is 41.8 Å². The fourth-order valence-corrected chi connectivity index (χ4v) is 2.44. The van der Waals surface area contributed by atoms with Crippen molar-refractivity contribution < 1.29 is 9.90 Å². The van der Waals surface area contributed by atoms with Crippen LogP contribution in [-0.2, 0) is 11.2 Å². The summed E-state index contributed by atoms with van der Waals surface area (Å²) in [7, 11) is 0. The number of hydrogen-bond acceptors (Lipinski definition) is 2. The normalized spacial score (nSPS) is 10.4. The summed E-state index contributed by atoms with van der Waals surface area (Å²) in [6.07, 6.45) is 0.416. The van der Waals surface area contributed by atoms with Gasteiger partial charge in [-0.3, -0.25) is 0 Å². The van der Waals surface area contributed by atoms with E-state index in [1.165, 1.54) is 4.70 Å². The molecule has 15 heavy (non-hydrogen) atoms. The zero-order valence-corrected chi connectivity index (χ0v) is 8.88. The number of carboxylic acids is 1. The number of benzene rings is 1. The zero-order chi connectivity index (χ0) is 10.8. The summed E-state index contributed by atoms with van der Waals surface area (Å²) in [5.74, 6) is -0.926. The molecule has 2 aromatic rings. The predicted molar refractivity (Wildman–Crippen MR) is 62.3 cm³/mol. The fraction of sp³-hybridized carbons (Fsp3) is 0.0833. The largest absolute Gasteiger partial charge is 0.478 e. The molecule has 0 fully saturated rings. The third-order valence-corrected chi connectivity index (χ3v) is 3.28. The van der Waals surface area contributed by atoms with E-state index < -0.39 is 5.97 Å². The van der Waals surface area contributed by atoms with Crippen molar-refractivity contribution in [2.45, 2.75) is 6.42 Å². The first-order valence-electron chi connectivity index (χ1n) is 4.54. The van der Waals surface area contributed by atoms with E-state index in [2.05, 4.69) is 6.58 Å². The van der Waals surface area contributed by atoms with Crippen molar-refractivity contribution in [1.82, 2.24) is 0 Å². The summed E-state index contributed by atoms with van der Waals surface area (Å²) >= 11 is 1.63. The van der Waals surface area contributed by atoms with Gasteiger partial charge >= 0.3 is 5.97 Å². The van der Waals surface area contributed by atoms with Gasteiger partial charge in [0.05, 0.1) is 0 Å². The molecule has 0 aliphatic rings. The molecular weight excluding hydrogens is 208 g/mol. The lowest BCUT2D eigenvalue weighted by molar-refractivity contribution is -0.132. The van der Waals surface area contributed by atoms with Crippen molar-refractivity contribution in [2.24, 2.45) is 0 Å². The smallest absolute Gasteiger partial charge is 0.331 e. The van der Waals surface area contributed by atoms with E-state index in [1.807, 2.05) is 29.6 Å². The van der Waals surface area contributed by atoms with Crippen LogP contribution in [0.2, 0.25) is 0 Å². The first-order chi connectivity index (χ1) is 7.18. The highest BCUT2D eigenvalue weighted by Gasteiger charge is 2.08. The van der Waals surface area contributed by atoms with E-state index in [1.54, 1.807) is 11.3 Å². The van der Waals surface area contributed by atoms with Crippen LogP contribution in [0, 0.1) is 0 Å². The van der Waals surface area contributed by atoms with Gasteiger partial charge in [0.2, 0.25) is 0 Å². The number of thiophene rings is 1. The molecule has 0 saturated heterocycles. The van der Waals surface area contributed by atoms with E-state index in [-0.39, 0.29) is 5.57 Å². The standard InChI is InChI=1S/C12H10O2S/c1-8(12(13)14)6-9-7-15-11-5-3-2-4-10(9)11/h2-5,7H,1,6H2,(H,13,14). The molecule has 0 aliphatic carbocycles. The van der Waals surface area contributed by atoms with Crippen LogP contribution < -0.4 is 0 Å². The van der Waals surface area contributed by atoms with Gasteiger partial charge in [-0.15, -0.1) is 11.3 Å². The molecule has 1 N–H and O–H groups in total. The monoisotopic (exact) mass is 218 g/mol. The summed E-state index contributed by atoms with van der Waals surface area (Å²) in [6.45, 7) is 3.54. The molecule has 0 radical (unpaired) electrons. The minimum atomic E-state index is -0.926. The predicted octanol–water partition coefficient (Wildman–Crippen LogP) is 3.08. The second kappa shape index (κ2) is 3.87. The van der Waals surface area contributed by atoms with Crippen LogP contribution in [-0.4, -0.2) is 11.1 Å². The SMILES string of the molecule is C=C(Cc1csc2ccccc12)C(=O)O. The summed E-state index contributed by atoms with van der Waals surface area (Å²) in [5.41, 5.74) is 1.28. The number of hydrogen-bond donors (Lipinski definition) is 1. The quantitative estimate of drug-likeness (QED) is 0.804. The molecule has 0 unspecified atom stereocenters. The van der Waals surface area contributed by atoms with Gasteiger partial charge in [0, 0.05) is 16.7 Å². The Morgan fingerprint density at radius 1 is 1.40 bits per heavy atom. The molecule has 1 aromatic heterocycles. The van der Waals surface area contributed by atoms with E-state index in [9.17, 15) is 4.79 Å². The highest BCUT2D eigenvalue weighted by molar-refractivity contribution is 7.17. The summed E-state index contributed by atoms with van der Waals surface area (Å²) in [5, 5.41) is 11.9.